The first-order valence-electron chi connectivity index (χ1n) is 7.93. The Labute approximate surface area is 136 Å². The number of anilines is 1. The molecule has 0 saturated carbocycles. The first-order valence-corrected chi connectivity index (χ1v) is 7.93. The predicted octanol–water partition coefficient (Wildman–Crippen LogP) is 1.31. The van der Waals surface area contributed by atoms with Gasteiger partial charge in [-0.1, -0.05) is 20.8 Å². The van der Waals surface area contributed by atoms with Gasteiger partial charge >= 0.3 is 0 Å². The average Bonchev–Trinajstić information content (AvgIpc) is 2.83. The zero-order valence-corrected chi connectivity index (χ0v) is 14.3. The summed E-state index contributed by atoms with van der Waals surface area (Å²) in [4.78, 5) is 25.4. The molecule has 2 amide bonds. The van der Waals surface area contributed by atoms with E-state index in [1.54, 1.807) is 6.07 Å². The highest BCUT2D eigenvalue weighted by Crippen LogP contribution is 2.24. The first-order chi connectivity index (χ1) is 10.6. The molecule has 7 heteroatoms. The molecule has 1 aliphatic heterocycles. The molecule has 0 spiro atoms. The Morgan fingerprint density at radius 2 is 2.17 bits per heavy atom. The number of likely N-dealkylation sites (tertiary alicyclic amines) is 1. The van der Waals surface area contributed by atoms with Crippen molar-refractivity contribution in [3.8, 4) is 0 Å². The highest BCUT2D eigenvalue weighted by Gasteiger charge is 2.41. The summed E-state index contributed by atoms with van der Waals surface area (Å²) < 4.78 is 0. The van der Waals surface area contributed by atoms with E-state index < -0.39 is 11.5 Å². The van der Waals surface area contributed by atoms with Gasteiger partial charge in [-0.2, -0.15) is 5.10 Å². The van der Waals surface area contributed by atoms with Crippen LogP contribution in [0, 0.1) is 5.41 Å². The topological polar surface area (TPSA) is 98.3 Å². The van der Waals surface area contributed by atoms with Gasteiger partial charge in [0.2, 0.25) is 5.91 Å². The van der Waals surface area contributed by atoms with Crippen molar-refractivity contribution in [3.05, 3.63) is 11.8 Å². The van der Waals surface area contributed by atoms with Gasteiger partial charge in [0, 0.05) is 25.2 Å². The number of aromatic nitrogens is 2. The van der Waals surface area contributed by atoms with Crippen LogP contribution in [0.15, 0.2) is 6.07 Å². The van der Waals surface area contributed by atoms with E-state index in [1.165, 1.54) is 11.8 Å². The van der Waals surface area contributed by atoms with Crippen LogP contribution < -0.4 is 5.32 Å². The summed E-state index contributed by atoms with van der Waals surface area (Å²) in [6.07, 6.45) is 1.74. The molecule has 0 aromatic carbocycles. The number of rotatable bonds is 3. The molecule has 0 bridgehead atoms. The van der Waals surface area contributed by atoms with Crippen molar-refractivity contribution in [2.45, 2.75) is 52.6 Å². The highest BCUT2D eigenvalue weighted by atomic mass is 16.3. The van der Waals surface area contributed by atoms with E-state index in [4.69, 9.17) is 0 Å². The van der Waals surface area contributed by atoms with Crippen molar-refractivity contribution in [1.82, 2.24) is 15.1 Å². The smallest absolute Gasteiger partial charge is 0.259 e. The maximum atomic E-state index is 12.4. The molecule has 23 heavy (non-hydrogen) atoms. The third-order valence-electron chi connectivity index (χ3n) is 3.93. The van der Waals surface area contributed by atoms with E-state index >= 15 is 0 Å². The van der Waals surface area contributed by atoms with Crippen LogP contribution in [0.25, 0.3) is 0 Å². The quantitative estimate of drug-likeness (QED) is 0.781. The summed E-state index contributed by atoms with van der Waals surface area (Å²) in [5, 5.41) is 20.2. The SMILES string of the molecule is CC(=O)N1CCC[C@@](O)(C(=O)Nc2cc(CC(C)(C)C)[nH]n2)C1. The van der Waals surface area contributed by atoms with Crippen LogP contribution in [0.1, 0.15) is 46.2 Å². The number of aliphatic hydroxyl groups is 1. The molecule has 0 unspecified atom stereocenters. The van der Waals surface area contributed by atoms with Crippen LogP contribution >= 0.6 is 0 Å². The van der Waals surface area contributed by atoms with Gasteiger partial charge in [0.15, 0.2) is 11.4 Å². The fraction of sp³-hybridized carbons (Fsp3) is 0.688. The minimum absolute atomic E-state index is 0.0213. The second kappa shape index (κ2) is 6.31. The largest absolute Gasteiger partial charge is 0.378 e. The van der Waals surface area contributed by atoms with Crippen LogP contribution in [-0.2, 0) is 16.0 Å². The van der Waals surface area contributed by atoms with Crippen molar-refractivity contribution in [1.29, 1.82) is 0 Å². The molecule has 1 fully saturated rings. The first kappa shape index (κ1) is 17.5. The Bertz CT molecular complexity index is 590. The Hall–Kier alpha value is -1.89. The van der Waals surface area contributed by atoms with Gasteiger partial charge in [-0.25, -0.2) is 0 Å². The number of aromatic amines is 1. The van der Waals surface area contributed by atoms with E-state index in [9.17, 15) is 14.7 Å². The van der Waals surface area contributed by atoms with Gasteiger partial charge in [-0.3, -0.25) is 14.7 Å². The number of β-amino-alcohol motifs (C(OH)–C–C–N with tert-alkyl or cyclic N) is 1. The zero-order valence-electron chi connectivity index (χ0n) is 14.3. The van der Waals surface area contributed by atoms with Gasteiger partial charge in [0.1, 0.15) is 0 Å². The second-order valence-electron chi connectivity index (χ2n) is 7.55. The summed E-state index contributed by atoms with van der Waals surface area (Å²) in [5.74, 6) is -0.261. The molecule has 1 aromatic heterocycles. The number of nitrogens with zero attached hydrogens (tertiary/aromatic N) is 2. The molecular weight excluding hydrogens is 296 g/mol. The maximum absolute atomic E-state index is 12.4. The van der Waals surface area contributed by atoms with Crippen LogP contribution in [0.5, 0.6) is 0 Å². The second-order valence-corrected chi connectivity index (χ2v) is 7.55. The van der Waals surface area contributed by atoms with E-state index in [0.717, 1.165) is 12.1 Å². The molecule has 7 nitrogen and oxygen atoms in total. The lowest BCUT2D eigenvalue weighted by atomic mass is 9.90. The maximum Gasteiger partial charge on any atom is 0.259 e. The van der Waals surface area contributed by atoms with Crippen molar-refractivity contribution in [2.24, 2.45) is 5.41 Å². The molecule has 2 rings (SSSR count). The summed E-state index contributed by atoms with van der Waals surface area (Å²) in [5.41, 5.74) is -0.529. The Balaban J connectivity index is 2.02. The fourth-order valence-electron chi connectivity index (χ4n) is 2.81. The molecular formula is C16H26N4O3. The monoisotopic (exact) mass is 322 g/mol. The molecule has 0 aliphatic carbocycles. The molecule has 0 radical (unpaired) electrons. The molecule has 128 valence electrons. The van der Waals surface area contributed by atoms with Gasteiger partial charge in [0.25, 0.3) is 5.91 Å². The lowest BCUT2D eigenvalue weighted by Crippen LogP contribution is -2.56. The number of amides is 2. The normalized spacial score (nSPS) is 22.0. The van der Waals surface area contributed by atoms with Gasteiger partial charge in [-0.15, -0.1) is 0 Å². The number of H-pyrrole nitrogens is 1. The highest BCUT2D eigenvalue weighted by molar-refractivity contribution is 5.97. The summed E-state index contributed by atoms with van der Waals surface area (Å²) in [7, 11) is 0. The van der Waals surface area contributed by atoms with Gasteiger partial charge in [-0.05, 0) is 24.7 Å². The number of nitrogens with one attached hydrogen (secondary N) is 2. The Kier molecular flexibility index (Phi) is 4.79. The van der Waals surface area contributed by atoms with Gasteiger partial charge < -0.3 is 15.3 Å². The van der Waals surface area contributed by atoms with Crippen molar-refractivity contribution in [3.63, 3.8) is 0 Å². The third-order valence-corrected chi connectivity index (χ3v) is 3.93. The number of hydrogen-bond donors (Lipinski definition) is 3. The van der Waals surface area contributed by atoms with E-state index in [0.29, 0.717) is 25.2 Å². The van der Waals surface area contributed by atoms with Crippen LogP contribution in [0.2, 0.25) is 0 Å². The van der Waals surface area contributed by atoms with Crippen molar-refractivity contribution < 1.29 is 14.7 Å². The molecule has 1 aliphatic rings. The van der Waals surface area contributed by atoms with E-state index in [1.807, 2.05) is 0 Å². The molecule has 3 N–H and O–H groups in total. The lowest BCUT2D eigenvalue weighted by molar-refractivity contribution is -0.146. The standard InChI is InChI=1S/C16H26N4O3/c1-11(21)20-7-5-6-16(23,10-20)14(22)17-13-8-12(18-19-13)9-15(2,3)4/h8,23H,5-7,9-10H2,1-4H3,(H2,17,18,19,22)/t16-/m0/s1. The van der Waals surface area contributed by atoms with Crippen molar-refractivity contribution in [2.75, 3.05) is 18.4 Å². The third kappa shape index (κ3) is 4.54. The average molecular weight is 322 g/mol. The molecule has 1 aromatic rings. The minimum Gasteiger partial charge on any atom is -0.378 e. The number of piperidine rings is 1. The summed E-state index contributed by atoms with van der Waals surface area (Å²) in [6.45, 7) is 8.39. The summed E-state index contributed by atoms with van der Waals surface area (Å²) >= 11 is 0. The Morgan fingerprint density at radius 3 is 2.78 bits per heavy atom. The zero-order chi connectivity index (χ0) is 17.3. The Morgan fingerprint density at radius 1 is 1.48 bits per heavy atom. The van der Waals surface area contributed by atoms with Crippen LogP contribution in [-0.4, -0.2) is 50.7 Å². The number of carbonyl (C=O) groups excluding carboxylic acids is 2. The number of hydrogen-bond acceptors (Lipinski definition) is 4. The van der Waals surface area contributed by atoms with Crippen LogP contribution in [0.4, 0.5) is 5.82 Å². The lowest BCUT2D eigenvalue weighted by Gasteiger charge is -2.37. The fourth-order valence-corrected chi connectivity index (χ4v) is 2.81. The van der Waals surface area contributed by atoms with Gasteiger partial charge in [0.05, 0.1) is 6.54 Å². The van der Waals surface area contributed by atoms with Crippen LogP contribution in [0.3, 0.4) is 0 Å². The molecule has 1 atom stereocenters. The minimum atomic E-state index is -1.56. The summed E-state index contributed by atoms with van der Waals surface area (Å²) in [6, 6.07) is 1.78. The molecule has 1 saturated heterocycles. The van der Waals surface area contributed by atoms with E-state index in [-0.39, 0.29) is 17.9 Å². The number of carbonyl (C=O) groups is 2. The van der Waals surface area contributed by atoms with E-state index in [2.05, 4.69) is 36.3 Å². The van der Waals surface area contributed by atoms with Crippen molar-refractivity contribution >= 4 is 17.6 Å². The molecule has 2 heterocycles. The predicted molar refractivity (Wildman–Crippen MR) is 86.8 cm³/mol.